The molecule has 2 amide bonds. The minimum absolute atomic E-state index is 0.0305. The number of nitrogens with zero attached hydrogens (tertiary/aromatic N) is 2. The number of alkyl halides is 3. The van der Waals surface area contributed by atoms with E-state index in [-0.39, 0.29) is 44.7 Å². The van der Waals surface area contributed by atoms with Gasteiger partial charge in [-0.1, -0.05) is 11.6 Å². The average molecular weight is 490 g/mol. The molecule has 0 aliphatic carbocycles. The zero-order valence-electron chi connectivity index (χ0n) is 17.3. The zero-order valence-corrected chi connectivity index (χ0v) is 18.1. The molecule has 8 nitrogen and oxygen atoms in total. The molecule has 2 heterocycles. The van der Waals surface area contributed by atoms with Crippen LogP contribution in [0.1, 0.15) is 26.5 Å². The molecule has 3 N–H and O–H groups in total. The largest absolute Gasteiger partial charge is 0.456 e. The summed E-state index contributed by atoms with van der Waals surface area (Å²) in [6, 6.07) is 10.3. The van der Waals surface area contributed by atoms with E-state index in [1.807, 2.05) is 0 Å². The Kier molecular flexibility index (Phi) is 6.12. The molecule has 0 saturated carbocycles. The van der Waals surface area contributed by atoms with Crippen molar-refractivity contribution >= 4 is 40.0 Å². The molecule has 4 aromatic rings. The Morgan fingerprint density at radius 2 is 1.85 bits per heavy atom. The summed E-state index contributed by atoms with van der Waals surface area (Å²) in [5, 5.41) is 11.6. The third-order valence-electron chi connectivity index (χ3n) is 4.71. The van der Waals surface area contributed by atoms with Gasteiger partial charge in [-0.2, -0.15) is 18.3 Å². The van der Waals surface area contributed by atoms with Crippen LogP contribution in [0.3, 0.4) is 0 Å². The quantitative estimate of drug-likeness (QED) is 0.364. The number of ether oxygens (including phenoxy) is 1. The topological polar surface area (TPSA) is 109 Å². The van der Waals surface area contributed by atoms with Gasteiger partial charge in [0.1, 0.15) is 17.2 Å². The Balaban J connectivity index is 1.53. The van der Waals surface area contributed by atoms with Crippen molar-refractivity contribution in [3.05, 3.63) is 76.7 Å². The van der Waals surface area contributed by atoms with Crippen molar-refractivity contribution in [1.82, 2.24) is 20.5 Å². The van der Waals surface area contributed by atoms with Crippen molar-refractivity contribution < 1.29 is 27.5 Å². The number of halogens is 4. The van der Waals surface area contributed by atoms with Crippen LogP contribution in [0.4, 0.5) is 18.9 Å². The molecule has 0 aliphatic rings. The maximum absolute atomic E-state index is 13.0. The fraction of sp³-hybridized carbons (Fsp3) is 0.0909. The molecule has 0 radical (unpaired) electrons. The van der Waals surface area contributed by atoms with E-state index in [9.17, 15) is 22.8 Å². The fourth-order valence-corrected chi connectivity index (χ4v) is 3.29. The highest BCUT2D eigenvalue weighted by Gasteiger charge is 2.31. The Bertz CT molecular complexity index is 1400. The number of amides is 2. The lowest BCUT2D eigenvalue weighted by atomic mass is 10.1. The number of aromatic nitrogens is 3. The van der Waals surface area contributed by atoms with Crippen LogP contribution in [-0.2, 0) is 6.18 Å². The van der Waals surface area contributed by atoms with Gasteiger partial charge in [-0.15, -0.1) is 0 Å². The third-order valence-corrected chi connectivity index (χ3v) is 5.01. The molecule has 4 rings (SSSR count). The molecule has 0 unspecified atom stereocenters. The van der Waals surface area contributed by atoms with Crippen molar-refractivity contribution in [3.63, 3.8) is 0 Å². The smallest absolute Gasteiger partial charge is 0.416 e. The van der Waals surface area contributed by atoms with Crippen LogP contribution in [-0.4, -0.2) is 34.0 Å². The molecule has 0 aliphatic heterocycles. The highest BCUT2D eigenvalue weighted by molar-refractivity contribution is 6.32. The van der Waals surface area contributed by atoms with Crippen molar-refractivity contribution in [2.45, 2.75) is 6.18 Å². The van der Waals surface area contributed by atoms with E-state index in [1.54, 1.807) is 0 Å². The normalized spacial score (nSPS) is 11.3. The standard InChI is InChI=1S/C22H15ClF3N5O3/c1-27-20(32)17-10-13(6-7-28-17)34-18-5-3-12(9-15(18)23)29-21(33)19-14-8-11(22(24,25)26)2-4-16(14)30-31-19/h2-10H,1H3,(H,27,32)(H,29,33)(H,30,31). The second-order valence-corrected chi connectivity index (χ2v) is 7.39. The number of hydrogen-bond acceptors (Lipinski definition) is 5. The summed E-state index contributed by atoms with van der Waals surface area (Å²) in [7, 11) is 1.47. The van der Waals surface area contributed by atoms with Gasteiger partial charge in [0, 0.05) is 30.4 Å². The maximum atomic E-state index is 13.0. The van der Waals surface area contributed by atoms with Gasteiger partial charge < -0.3 is 15.4 Å². The molecule has 0 bridgehead atoms. The van der Waals surface area contributed by atoms with Crippen LogP contribution in [0.25, 0.3) is 10.9 Å². The SMILES string of the molecule is CNC(=O)c1cc(Oc2ccc(NC(=O)c3n[nH]c4ccc(C(F)(F)F)cc34)cc2Cl)ccn1. The average Bonchev–Trinajstić information content (AvgIpc) is 3.23. The second-order valence-electron chi connectivity index (χ2n) is 6.99. The molecule has 0 spiro atoms. The van der Waals surface area contributed by atoms with Gasteiger partial charge in [-0.25, -0.2) is 0 Å². The van der Waals surface area contributed by atoms with E-state index in [0.29, 0.717) is 5.75 Å². The highest BCUT2D eigenvalue weighted by atomic mass is 35.5. The molecule has 2 aromatic heterocycles. The van der Waals surface area contributed by atoms with Crippen molar-refractivity contribution in [3.8, 4) is 11.5 Å². The van der Waals surface area contributed by atoms with Crippen molar-refractivity contribution in [2.24, 2.45) is 0 Å². The molecule has 0 atom stereocenters. The van der Waals surface area contributed by atoms with Gasteiger partial charge in [0.05, 0.1) is 16.1 Å². The predicted molar refractivity (Wildman–Crippen MR) is 118 cm³/mol. The Hall–Kier alpha value is -4.12. The first kappa shape index (κ1) is 23.1. The van der Waals surface area contributed by atoms with E-state index < -0.39 is 17.6 Å². The van der Waals surface area contributed by atoms with Gasteiger partial charge >= 0.3 is 6.18 Å². The molecule has 0 fully saturated rings. The first-order valence-corrected chi connectivity index (χ1v) is 10.1. The summed E-state index contributed by atoms with van der Waals surface area (Å²) < 4.78 is 44.8. The third kappa shape index (κ3) is 4.79. The lowest BCUT2D eigenvalue weighted by Gasteiger charge is -2.10. The van der Waals surface area contributed by atoms with Gasteiger partial charge in [0.25, 0.3) is 11.8 Å². The van der Waals surface area contributed by atoms with Crippen LogP contribution in [0.15, 0.2) is 54.7 Å². The van der Waals surface area contributed by atoms with Crippen LogP contribution < -0.4 is 15.4 Å². The predicted octanol–water partition coefficient (Wildman–Crippen LogP) is 5.03. The first-order chi connectivity index (χ1) is 16.2. The number of anilines is 1. The van der Waals surface area contributed by atoms with Crippen LogP contribution in [0.5, 0.6) is 11.5 Å². The summed E-state index contributed by atoms with van der Waals surface area (Å²) in [6.45, 7) is 0. The number of aromatic amines is 1. The number of benzene rings is 2. The van der Waals surface area contributed by atoms with E-state index in [4.69, 9.17) is 16.3 Å². The molecular weight excluding hydrogens is 475 g/mol. The molecule has 34 heavy (non-hydrogen) atoms. The van der Waals surface area contributed by atoms with Gasteiger partial charge in [0.15, 0.2) is 5.69 Å². The number of carbonyl (C=O) groups is 2. The van der Waals surface area contributed by atoms with Gasteiger partial charge in [-0.05, 0) is 42.5 Å². The number of carbonyl (C=O) groups excluding carboxylic acids is 2. The molecule has 2 aromatic carbocycles. The zero-order chi connectivity index (χ0) is 24.5. The van der Waals surface area contributed by atoms with Crippen LogP contribution in [0.2, 0.25) is 5.02 Å². The Morgan fingerprint density at radius 3 is 2.56 bits per heavy atom. The molecule has 174 valence electrons. The van der Waals surface area contributed by atoms with Crippen molar-refractivity contribution in [2.75, 3.05) is 12.4 Å². The Morgan fingerprint density at radius 1 is 1.06 bits per heavy atom. The lowest BCUT2D eigenvalue weighted by Crippen LogP contribution is -2.18. The van der Waals surface area contributed by atoms with Gasteiger partial charge in [-0.3, -0.25) is 19.7 Å². The summed E-state index contributed by atoms with van der Waals surface area (Å²) in [4.78, 5) is 28.3. The number of pyridine rings is 1. The number of nitrogens with one attached hydrogen (secondary N) is 3. The first-order valence-electron chi connectivity index (χ1n) is 9.68. The molecule has 0 saturated heterocycles. The number of fused-ring (bicyclic) bond motifs is 1. The Labute approximate surface area is 195 Å². The number of hydrogen-bond donors (Lipinski definition) is 3. The summed E-state index contributed by atoms with van der Waals surface area (Å²) in [5.74, 6) is -0.549. The van der Waals surface area contributed by atoms with E-state index in [2.05, 4.69) is 25.8 Å². The van der Waals surface area contributed by atoms with Crippen LogP contribution in [0, 0.1) is 0 Å². The monoisotopic (exact) mass is 489 g/mol. The van der Waals surface area contributed by atoms with E-state index in [0.717, 1.165) is 12.1 Å². The minimum atomic E-state index is -4.56. The second kappa shape index (κ2) is 9.02. The van der Waals surface area contributed by atoms with Gasteiger partial charge in [0.2, 0.25) is 0 Å². The van der Waals surface area contributed by atoms with Crippen molar-refractivity contribution in [1.29, 1.82) is 0 Å². The molecular formula is C22H15ClF3N5O3. The summed E-state index contributed by atoms with van der Waals surface area (Å²) in [5.41, 5.74) is -0.383. The maximum Gasteiger partial charge on any atom is 0.416 e. The summed E-state index contributed by atoms with van der Waals surface area (Å²) >= 11 is 6.27. The van der Waals surface area contributed by atoms with E-state index in [1.165, 1.54) is 49.6 Å². The highest BCUT2D eigenvalue weighted by Crippen LogP contribution is 2.33. The lowest BCUT2D eigenvalue weighted by molar-refractivity contribution is -0.137. The van der Waals surface area contributed by atoms with Crippen LogP contribution >= 0.6 is 11.6 Å². The number of H-pyrrole nitrogens is 1. The van der Waals surface area contributed by atoms with E-state index >= 15 is 0 Å². The molecule has 12 heteroatoms. The fourth-order valence-electron chi connectivity index (χ4n) is 3.07. The number of rotatable bonds is 5. The minimum Gasteiger partial charge on any atom is -0.456 e. The summed E-state index contributed by atoms with van der Waals surface area (Å²) in [6.07, 6.45) is -3.15.